The van der Waals surface area contributed by atoms with E-state index in [-0.39, 0.29) is 11.9 Å². The standard InChI is InChI=1S/C19H24N4O2/c1-20-19(23-11-8-15(9-12-23)18(24)25-2)22-13-16-6-3-5-14-7-4-10-21-17(14)16/h3-7,10,15H,8-9,11-13H2,1-2H3,(H,20,22). The molecular weight excluding hydrogens is 316 g/mol. The average Bonchev–Trinajstić information content (AvgIpc) is 2.68. The number of esters is 1. The van der Waals surface area contributed by atoms with Crippen LogP contribution >= 0.6 is 0 Å². The molecule has 6 nitrogen and oxygen atoms in total. The highest BCUT2D eigenvalue weighted by atomic mass is 16.5. The predicted octanol–water partition coefficient (Wildman–Crippen LogP) is 2.20. The normalized spacial score (nSPS) is 16.1. The molecule has 2 heterocycles. The summed E-state index contributed by atoms with van der Waals surface area (Å²) in [5.74, 6) is 0.752. The first-order valence-electron chi connectivity index (χ1n) is 8.59. The fourth-order valence-electron chi connectivity index (χ4n) is 3.31. The van der Waals surface area contributed by atoms with Crippen molar-refractivity contribution >= 4 is 22.8 Å². The monoisotopic (exact) mass is 340 g/mol. The highest BCUT2D eigenvalue weighted by Crippen LogP contribution is 2.19. The number of benzene rings is 1. The van der Waals surface area contributed by atoms with Crippen LogP contribution < -0.4 is 5.32 Å². The number of guanidine groups is 1. The maximum atomic E-state index is 11.7. The number of fused-ring (bicyclic) bond motifs is 1. The smallest absolute Gasteiger partial charge is 0.308 e. The van der Waals surface area contributed by atoms with Gasteiger partial charge in [-0.3, -0.25) is 14.8 Å². The second-order valence-electron chi connectivity index (χ2n) is 6.18. The molecule has 1 aromatic carbocycles. The summed E-state index contributed by atoms with van der Waals surface area (Å²) in [5.41, 5.74) is 2.15. The van der Waals surface area contributed by atoms with Gasteiger partial charge in [0.05, 0.1) is 18.5 Å². The van der Waals surface area contributed by atoms with Gasteiger partial charge in [0, 0.05) is 38.3 Å². The first kappa shape index (κ1) is 17.2. The SMILES string of the molecule is CN=C(NCc1cccc2cccnc12)N1CCC(C(=O)OC)CC1. The summed E-state index contributed by atoms with van der Waals surface area (Å²) >= 11 is 0. The van der Waals surface area contributed by atoms with Gasteiger partial charge in [0.25, 0.3) is 0 Å². The van der Waals surface area contributed by atoms with Crippen LogP contribution in [0.1, 0.15) is 18.4 Å². The molecule has 0 unspecified atom stereocenters. The van der Waals surface area contributed by atoms with Gasteiger partial charge in [-0.05, 0) is 24.5 Å². The first-order chi connectivity index (χ1) is 12.2. The van der Waals surface area contributed by atoms with E-state index in [1.54, 1.807) is 7.05 Å². The molecule has 0 bridgehead atoms. The highest BCUT2D eigenvalue weighted by Gasteiger charge is 2.26. The zero-order valence-corrected chi connectivity index (χ0v) is 14.7. The summed E-state index contributed by atoms with van der Waals surface area (Å²) in [6.07, 6.45) is 3.41. The van der Waals surface area contributed by atoms with Crippen molar-refractivity contribution in [3.8, 4) is 0 Å². The van der Waals surface area contributed by atoms with Crippen LogP contribution in [0, 0.1) is 5.92 Å². The summed E-state index contributed by atoms with van der Waals surface area (Å²) in [7, 11) is 3.24. The van der Waals surface area contributed by atoms with Gasteiger partial charge in [-0.2, -0.15) is 0 Å². The topological polar surface area (TPSA) is 66.8 Å². The Morgan fingerprint density at radius 3 is 2.80 bits per heavy atom. The number of pyridine rings is 1. The second-order valence-corrected chi connectivity index (χ2v) is 6.18. The number of piperidine rings is 1. The Balaban J connectivity index is 1.63. The van der Waals surface area contributed by atoms with Crippen molar-refractivity contribution in [2.45, 2.75) is 19.4 Å². The van der Waals surface area contributed by atoms with Crippen molar-refractivity contribution in [1.29, 1.82) is 0 Å². The lowest BCUT2D eigenvalue weighted by molar-refractivity contribution is -0.146. The van der Waals surface area contributed by atoms with Gasteiger partial charge >= 0.3 is 5.97 Å². The molecule has 1 aliphatic heterocycles. The molecule has 3 rings (SSSR count). The number of aliphatic imine (C=N–C) groups is 1. The van der Waals surface area contributed by atoms with Crippen LogP contribution in [0.15, 0.2) is 41.5 Å². The van der Waals surface area contributed by atoms with Crippen molar-refractivity contribution in [3.63, 3.8) is 0 Å². The number of hydrogen-bond donors (Lipinski definition) is 1. The number of aromatic nitrogens is 1. The average molecular weight is 340 g/mol. The maximum Gasteiger partial charge on any atom is 0.308 e. The van der Waals surface area contributed by atoms with Gasteiger partial charge in [0.2, 0.25) is 0 Å². The zero-order valence-electron chi connectivity index (χ0n) is 14.7. The van der Waals surface area contributed by atoms with Crippen molar-refractivity contribution in [1.82, 2.24) is 15.2 Å². The van der Waals surface area contributed by atoms with Crippen molar-refractivity contribution in [2.24, 2.45) is 10.9 Å². The largest absolute Gasteiger partial charge is 0.469 e. The summed E-state index contributed by atoms with van der Waals surface area (Å²) in [6, 6.07) is 10.2. The Bertz CT molecular complexity index is 762. The molecule has 6 heteroatoms. The molecule has 0 spiro atoms. The van der Waals surface area contributed by atoms with Crippen LogP contribution in [0.3, 0.4) is 0 Å². The zero-order chi connectivity index (χ0) is 17.6. The van der Waals surface area contributed by atoms with E-state index in [4.69, 9.17) is 4.74 Å². The number of hydrogen-bond acceptors (Lipinski definition) is 4. The van der Waals surface area contributed by atoms with Crippen molar-refractivity contribution in [3.05, 3.63) is 42.1 Å². The van der Waals surface area contributed by atoms with Gasteiger partial charge in [-0.25, -0.2) is 0 Å². The fraction of sp³-hybridized carbons (Fsp3) is 0.421. The van der Waals surface area contributed by atoms with Crippen LogP contribution in [0.25, 0.3) is 10.9 Å². The lowest BCUT2D eigenvalue weighted by Gasteiger charge is -2.33. The number of likely N-dealkylation sites (tertiary alicyclic amines) is 1. The molecule has 0 radical (unpaired) electrons. The maximum absolute atomic E-state index is 11.7. The van der Waals surface area contributed by atoms with Gasteiger partial charge in [-0.1, -0.05) is 24.3 Å². The van der Waals surface area contributed by atoms with Crippen molar-refractivity contribution in [2.75, 3.05) is 27.2 Å². The number of rotatable bonds is 3. The number of nitrogens with zero attached hydrogens (tertiary/aromatic N) is 3. The van der Waals surface area contributed by atoms with E-state index in [0.29, 0.717) is 6.54 Å². The first-order valence-corrected chi connectivity index (χ1v) is 8.59. The lowest BCUT2D eigenvalue weighted by Crippen LogP contribution is -2.46. The Kier molecular flexibility index (Phi) is 5.48. The molecule has 0 saturated carbocycles. The third kappa shape index (κ3) is 3.90. The molecule has 1 saturated heterocycles. The van der Waals surface area contributed by atoms with Gasteiger partial charge < -0.3 is 15.0 Å². The van der Waals surface area contributed by atoms with E-state index >= 15 is 0 Å². The molecule has 0 atom stereocenters. The minimum Gasteiger partial charge on any atom is -0.469 e. The van der Waals surface area contributed by atoms with Gasteiger partial charge in [0.1, 0.15) is 0 Å². The Morgan fingerprint density at radius 1 is 1.32 bits per heavy atom. The molecule has 0 aliphatic carbocycles. The summed E-state index contributed by atoms with van der Waals surface area (Å²) in [5, 5.41) is 4.56. The van der Waals surface area contributed by atoms with E-state index in [2.05, 4.69) is 38.4 Å². The molecule has 132 valence electrons. The fourth-order valence-corrected chi connectivity index (χ4v) is 3.31. The van der Waals surface area contributed by atoms with E-state index < -0.39 is 0 Å². The molecule has 25 heavy (non-hydrogen) atoms. The molecular formula is C19H24N4O2. The molecule has 1 aliphatic rings. The molecule has 2 aromatic rings. The molecule has 1 N–H and O–H groups in total. The Hall–Kier alpha value is -2.63. The highest BCUT2D eigenvalue weighted by molar-refractivity contribution is 5.83. The van der Waals surface area contributed by atoms with E-state index in [0.717, 1.165) is 48.4 Å². The lowest BCUT2D eigenvalue weighted by atomic mass is 9.97. The minimum atomic E-state index is -0.107. The molecule has 0 amide bonds. The number of carbonyl (C=O) groups excluding carboxylic acids is 1. The van der Waals surface area contributed by atoms with Crippen LogP contribution in [0.4, 0.5) is 0 Å². The summed E-state index contributed by atoms with van der Waals surface area (Å²) in [4.78, 5) is 22.7. The minimum absolute atomic E-state index is 0.00150. The van der Waals surface area contributed by atoms with Crippen molar-refractivity contribution < 1.29 is 9.53 Å². The third-order valence-electron chi connectivity index (χ3n) is 4.69. The Labute approximate surface area is 147 Å². The van der Waals surface area contributed by atoms with Crippen LogP contribution in [0.5, 0.6) is 0 Å². The molecule has 1 fully saturated rings. The van der Waals surface area contributed by atoms with Crippen LogP contribution in [-0.2, 0) is 16.1 Å². The van der Waals surface area contributed by atoms with Crippen LogP contribution in [-0.4, -0.2) is 49.1 Å². The third-order valence-corrected chi connectivity index (χ3v) is 4.69. The quantitative estimate of drug-likeness (QED) is 0.527. The number of carbonyl (C=O) groups is 1. The van der Waals surface area contributed by atoms with E-state index in [1.165, 1.54) is 7.11 Å². The molecule has 1 aromatic heterocycles. The Morgan fingerprint density at radius 2 is 2.08 bits per heavy atom. The number of ether oxygens (including phenoxy) is 1. The van der Waals surface area contributed by atoms with Crippen LogP contribution in [0.2, 0.25) is 0 Å². The number of para-hydroxylation sites is 1. The van der Waals surface area contributed by atoms with Gasteiger partial charge in [-0.15, -0.1) is 0 Å². The summed E-state index contributed by atoms with van der Waals surface area (Å²) in [6.45, 7) is 2.26. The predicted molar refractivity (Wildman–Crippen MR) is 98.3 cm³/mol. The number of methoxy groups -OCH3 is 1. The summed E-state index contributed by atoms with van der Waals surface area (Å²) < 4.78 is 4.85. The van der Waals surface area contributed by atoms with E-state index in [1.807, 2.05) is 18.3 Å². The second kappa shape index (κ2) is 7.96. The number of nitrogens with one attached hydrogen (secondary N) is 1. The van der Waals surface area contributed by atoms with Gasteiger partial charge in [0.15, 0.2) is 5.96 Å². The van der Waals surface area contributed by atoms with E-state index in [9.17, 15) is 4.79 Å².